The minimum Gasteiger partial charge on any atom is -0.464 e. The van der Waals surface area contributed by atoms with E-state index in [9.17, 15) is 14.4 Å². The first-order chi connectivity index (χ1) is 26.1. The van der Waals surface area contributed by atoms with Gasteiger partial charge in [-0.2, -0.15) is 0 Å². The number of amides is 1. The van der Waals surface area contributed by atoms with E-state index in [1.807, 2.05) is 18.2 Å². The van der Waals surface area contributed by atoms with Crippen LogP contribution in [0.1, 0.15) is 204 Å². The van der Waals surface area contributed by atoms with Gasteiger partial charge in [0.15, 0.2) is 0 Å². The van der Waals surface area contributed by atoms with Crippen LogP contribution in [0.2, 0.25) is 0 Å². The first-order valence-electron chi connectivity index (χ1n) is 22.0. The first kappa shape index (κ1) is 48.1. The lowest BCUT2D eigenvalue weighted by molar-refractivity contribution is -0.144. The van der Waals surface area contributed by atoms with E-state index in [0.29, 0.717) is 18.4 Å². The first-order valence-corrected chi connectivity index (χ1v) is 22.0. The molecule has 0 spiro atoms. The van der Waals surface area contributed by atoms with Crippen molar-refractivity contribution in [3.05, 3.63) is 60.2 Å². The molecule has 0 fully saturated rings. The molecule has 0 heterocycles. The highest BCUT2D eigenvalue weighted by Gasteiger charge is 2.17. The Balaban J connectivity index is 2.16. The standard InChI is InChI=1S/C47H79NO5/c1-3-5-7-9-11-13-15-17-19-21-23-25-27-29-34-38-45(49)52-42-40-48(47(51)44-36-32-31-33-37-44)41-43-53-46(50)39-35-30-28-26-24-22-20-18-16-14-12-10-8-6-4-2/h17-20,31-33,36-37H,3-16,21-30,34-35,38-43H2,1-2H3/b19-17-,20-18-. The lowest BCUT2D eigenvalue weighted by Crippen LogP contribution is -2.37. The average molecular weight is 738 g/mol. The number of ether oxygens (including phenoxy) is 2. The van der Waals surface area contributed by atoms with E-state index in [1.54, 1.807) is 17.0 Å². The quantitative estimate of drug-likeness (QED) is 0.0386. The van der Waals surface area contributed by atoms with E-state index in [-0.39, 0.29) is 44.1 Å². The fourth-order valence-electron chi connectivity index (χ4n) is 6.44. The maximum atomic E-state index is 13.2. The molecule has 1 aromatic carbocycles. The topological polar surface area (TPSA) is 72.9 Å². The van der Waals surface area contributed by atoms with Crippen molar-refractivity contribution in [2.24, 2.45) is 0 Å². The summed E-state index contributed by atoms with van der Waals surface area (Å²) >= 11 is 0. The number of nitrogens with zero attached hydrogens (tertiary/aromatic N) is 1. The van der Waals surface area contributed by atoms with Gasteiger partial charge < -0.3 is 14.4 Å². The molecule has 0 unspecified atom stereocenters. The van der Waals surface area contributed by atoms with E-state index < -0.39 is 0 Å². The SMILES string of the molecule is CCCCCCCC/C=C\CCCCCCCC(=O)OCCN(CCOC(=O)CCCCCCC/C=C\CCCCCCCC)C(=O)c1ccccc1. The molecule has 1 aromatic rings. The molecule has 0 aromatic heterocycles. The number of esters is 2. The third kappa shape index (κ3) is 31.2. The van der Waals surface area contributed by atoms with E-state index in [4.69, 9.17) is 9.47 Å². The van der Waals surface area contributed by atoms with Gasteiger partial charge in [0.05, 0.1) is 13.1 Å². The predicted octanol–water partition coefficient (Wildman–Crippen LogP) is 13.3. The van der Waals surface area contributed by atoms with Crippen LogP contribution in [0, 0.1) is 0 Å². The van der Waals surface area contributed by atoms with Crippen molar-refractivity contribution < 1.29 is 23.9 Å². The van der Waals surface area contributed by atoms with Gasteiger partial charge in [-0.25, -0.2) is 0 Å². The fourth-order valence-corrected chi connectivity index (χ4v) is 6.44. The molecule has 0 saturated carbocycles. The number of rotatable bonds is 37. The molecule has 0 atom stereocenters. The van der Waals surface area contributed by atoms with Crippen molar-refractivity contribution in [2.45, 2.75) is 194 Å². The predicted molar refractivity (Wildman–Crippen MR) is 223 cm³/mol. The lowest BCUT2D eigenvalue weighted by Gasteiger charge is -2.22. The molecule has 0 N–H and O–H groups in total. The number of allylic oxidation sites excluding steroid dienone is 4. The van der Waals surface area contributed by atoms with Crippen molar-refractivity contribution in [3.63, 3.8) is 0 Å². The Kier molecular flexibility index (Phi) is 34.0. The summed E-state index contributed by atoms with van der Waals surface area (Å²) in [4.78, 5) is 39.6. The molecule has 0 aliphatic rings. The van der Waals surface area contributed by atoms with Crippen LogP contribution in [0.25, 0.3) is 0 Å². The van der Waals surface area contributed by atoms with E-state index in [1.165, 1.54) is 116 Å². The Morgan fingerprint density at radius 2 is 0.811 bits per heavy atom. The Bertz CT molecular complexity index is 994. The van der Waals surface area contributed by atoms with Gasteiger partial charge in [0.2, 0.25) is 0 Å². The second kappa shape index (κ2) is 37.4. The summed E-state index contributed by atoms with van der Waals surface area (Å²) in [7, 11) is 0. The molecule has 1 amide bonds. The molecule has 0 aliphatic carbocycles. The van der Waals surface area contributed by atoms with Crippen LogP contribution in [0.5, 0.6) is 0 Å². The van der Waals surface area contributed by atoms with E-state index in [0.717, 1.165) is 51.4 Å². The second-order valence-electron chi connectivity index (χ2n) is 14.8. The van der Waals surface area contributed by atoms with Gasteiger partial charge in [0, 0.05) is 18.4 Å². The molecule has 302 valence electrons. The van der Waals surface area contributed by atoms with Crippen LogP contribution in [-0.4, -0.2) is 49.0 Å². The summed E-state index contributed by atoms with van der Waals surface area (Å²) in [6.45, 7) is 5.30. The number of benzene rings is 1. The Morgan fingerprint density at radius 3 is 1.19 bits per heavy atom. The van der Waals surface area contributed by atoms with E-state index in [2.05, 4.69) is 38.2 Å². The fraction of sp³-hybridized carbons (Fsp3) is 0.723. The maximum Gasteiger partial charge on any atom is 0.305 e. The smallest absolute Gasteiger partial charge is 0.305 e. The van der Waals surface area contributed by atoms with Crippen LogP contribution in [0.3, 0.4) is 0 Å². The molecular weight excluding hydrogens is 659 g/mol. The monoisotopic (exact) mass is 738 g/mol. The highest BCUT2D eigenvalue weighted by molar-refractivity contribution is 5.94. The minimum atomic E-state index is -0.221. The zero-order valence-corrected chi connectivity index (χ0v) is 34.3. The maximum absolute atomic E-state index is 13.2. The number of hydrogen-bond donors (Lipinski definition) is 0. The molecular formula is C47H79NO5. The summed E-state index contributed by atoms with van der Waals surface area (Å²) in [5.74, 6) is -0.602. The zero-order valence-electron chi connectivity index (χ0n) is 34.3. The molecule has 0 radical (unpaired) electrons. The molecule has 6 nitrogen and oxygen atoms in total. The lowest BCUT2D eigenvalue weighted by atomic mass is 10.1. The number of carbonyl (C=O) groups excluding carboxylic acids is 3. The van der Waals surface area contributed by atoms with Crippen LogP contribution < -0.4 is 0 Å². The Morgan fingerprint density at radius 1 is 0.472 bits per heavy atom. The van der Waals surface area contributed by atoms with Crippen molar-refractivity contribution in [1.82, 2.24) is 4.90 Å². The number of carbonyl (C=O) groups is 3. The van der Waals surface area contributed by atoms with Gasteiger partial charge in [-0.1, -0.05) is 159 Å². The van der Waals surface area contributed by atoms with Crippen LogP contribution in [0.4, 0.5) is 0 Å². The summed E-state index contributed by atoms with van der Waals surface area (Å²) in [5.41, 5.74) is 0.562. The van der Waals surface area contributed by atoms with Gasteiger partial charge >= 0.3 is 11.9 Å². The molecule has 53 heavy (non-hydrogen) atoms. The molecule has 0 bridgehead atoms. The molecule has 0 aliphatic heterocycles. The largest absolute Gasteiger partial charge is 0.464 e. The van der Waals surface area contributed by atoms with Crippen molar-refractivity contribution in [2.75, 3.05) is 26.3 Å². The van der Waals surface area contributed by atoms with Gasteiger partial charge in [-0.05, 0) is 76.3 Å². The van der Waals surface area contributed by atoms with Gasteiger partial charge in [-0.3, -0.25) is 14.4 Å². The summed E-state index contributed by atoms with van der Waals surface area (Å²) in [5, 5.41) is 0. The third-order valence-electron chi connectivity index (χ3n) is 9.84. The number of hydrogen-bond acceptors (Lipinski definition) is 5. The van der Waals surface area contributed by atoms with E-state index >= 15 is 0 Å². The van der Waals surface area contributed by atoms with Crippen molar-refractivity contribution in [1.29, 1.82) is 0 Å². The zero-order chi connectivity index (χ0) is 38.3. The van der Waals surface area contributed by atoms with Crippen molar-refractivity contribution in [3.8, 4) is 0 Å². The van der Waals surface area contributed by atoms with Crippen molar-refractivity contribution >= 4 is 17.8 Å². The summed E-state index contributed by atoms with van der Waals surface area (Å²) in [6, 6.07) is 9.06. The second-order valence-corrected chi connectivity index (χ2v) is 14.8. The Hall–Kier alpha value is -2.89. The van der Waals surface area contributed by atoms with Crippen LogP contribution >= 0.6 is 0 Å². The summed E-state index contributed by atoms with van der Waals surface area (Å²) in [6.07, 6.45) is 41.8. The molecule has 0 saturated heterocycles. The number of unbranched alkanes of at least 4 members (excludes halogenated alkanes) is 22. The normalized spacial score (nSPS) is 11.4. The van der Waals surface area contributed by atoms with Gasteiger partial charge in [-0.15, -0.1) is 0 Å². The van der Waals surface area contributed by atoms with Crippen LogP contribution in [-0.2, 0) is 19.1 Å². The average Bonchev–Trinajstić information content (AvgIpc) is 3.17. The van der Waals surface area contributed by atoms with Crippen LogP contribution in [0.15, 0.2) is 54.6 Å². The summed E-state index contributed by atoms with van der Waals surface area (Å²) < 4.78 is 11.0. The molecule has 6 heteroatoms. The highest BCUT2D eigenvalue weighted by Crippen LogP contribution is 2.13. The minimum absolute atomic E-state index is 0.130. The molecule has 1 rings (SSSR count). The van der Waals surface area contributed by atoms with Gasteiger partial charge in [0.25, 0.3) is 5.91 Å². The van der Waals surface area contributed by atoms with Gasteiger partial charge in [0.1, 0.15) is 13.2 Å². The highest BCUT2D eigenvalue weighted by atomic mass is 16.5. The Labute approximate surface area is 325 Å². The third-order valence-corrected chi connectivity index (χ3v) is 9.84.